The molecule has 14 N–H and O–H groups in total. The third kappa shape index (κ3) is 21.9. The number of aliphatic hydroxyl groups is 6. The molecule has 6 amide bonds. The zero-order chi connectivity index (χ0) is 71.4. The maximum Gasteiger partial charge on any atom is 1.00 e. The van der Waals surface area contributed by atoms with E-state index in [0.717, 1.165) is 38.1 Å². The summed E-state index contributed by atoms with van der Waals surface area (Å²) in [5.74, 6) is -13.9. The summed E-state index contributed by atoms with van der Waals surface area (Å²) in [5.41, 5.74) is 0.262. The molecular formula is C66H76F4N6NaO20S2+. The van der Waals surface area contributed by atoms with Crippen LogP contribution >= 0.6 is 23.5 Å². The van der Waals surface area contributed by atoms with Crippen LogP contribution in [0.25, 0.3) is 22.3 Å². The summed E-state index contributed by atoms with van der Waals surface area (Å²) in [7, 11) is 0. The van der Waals surface area contributed by atoms with Gasteiger partial charge in [0.1, 0.15) is 47.7 Å². The molecule has 5 aromatic carbocycles. The number of hydrogen-bond donors (Lipinski definition) is 14. The predicted octanol–water partition coefficient (Wildman–Crippen LogP) is -0.505. The van der Waals surface area contributed by atoms with Crippen LogP contribution in [0.3, 0.4) is 0 Å². The summed E-state index contributed by atoms with van der Waals surface area (Å²) >= 11 is 2.76. The molecule has 0 radical (unpaired) electrons. The minimum atomic E-state index is -2.56. The van der Waals surface area contributed by atoms with Crippen molar-refractivity contribution in [1.82, 2.24) is 31.9 Å². The number of carbonyl (C=O) groups is 8. The van der Waals surface area contributed by atoms with Gasteiger partial charge in [0.2, 0.25) is 11.8 Å². The molecule has 33 heteroatoms. The van der Waals surface area contributed by atoms with Gasteiger partial charge in [0.15, 0.2) is 0 Å². The molecule has 99 heavy (non-hydrogen) atoms. The number of thioether (sulfide) groups is 2. The number of rotatable bonds is 34. The molecule has 2 aliphatic heterocycles. The van der Waals surface area contributed by atoms with Crippen molar-refractivity contribution in [3.63, 3.8) is 0 Å². The third-order valence-electron chi connectivity index (χ3n) is 15.7. The Kier molecular flexibility index (Phi) is 31.1. The first kappa shape index (κ1) is 80.9. The Morgan fingerprint density at radius 1 is 0.495 bits per heavy atom. The van der Waals surface area contributed by atoms with Crippen LogP contribution in [0.15, 0.2) is 109 Å². The Bertz CT molecular complexity index is 3330. The summed E-state index contributed by atoms with van der Waals surface area (Å²) in [6.45, 7) is 0.890. The molecule has 26 nitrogen and oxygen atoms in total. The Hall–Kier alpha value is -7.12. The molecule has 0 spiro atoms. The molecule has 0 saturated carbocycles. The van der Waals surface area contributed by atoms with Crippen molar-refractivity contribution in [3.05, 3.63) is 155 Å². The number of carboxylic acid groups (broad SMARTS) is 2. The van der Waals surface area contributed by atoms with Gasteiger partial charge in [-0.1, -0.05) is 36.4 Å². The molecule has 2 saturated heterocycles. The molecule has 0 aromatic heterocycles. The minimum absolute atomic E-state index is 0. The maximum atomic E-state index is 14.3. The molecule has 2 aliphatic rings. The van der Waals surface area contributed by atoms with Crippen LogP contribution in [-0.4, -0.2) is 223 Å². The number of halogens is 4. The molecule has 0 bridgehead atoms. The molecule has 2 fully saturated rings. The summed E-state index contributed by atoms with van der Waals surface area (Å²) in [4.78, 5) is 101. The van der Waals surface area contributed by atoms with Crippen LogP contribution in [0.2, 0.25) is 0 Å². The van der Waals surface area contributed by atoms with Crippen molar-refractivity contribution in [2.45, 2.75) is 112 Å². The largest absolute Gasteiger partial charge is 1.00 e. The van der Waals surface area contributed by atoms with Crippen LogP contribution in [-0.2, 0) is 38.1 Å². The van der Waals surface area contributed by atoms with E-state index in [1.165, 1.54) is 108 Å². The van der Waals surface area contributed by atoms with Crippen LogP contribution < -0.4 is 61.5 Å². The Morgan fingerprint density at radius 2 is 0.798 bits per heavy atom. The van der Waals surface area contributed by atoms with Crippen molar-refractivity contribution in [1.29, 1.82) is 0 Å². The maximum absolute atomic E-state index is 14.3. The normalized spacial score (nSPS) is 21.7. The molecule has 7 rings (SSSR count). The van der Waals surface area contributed by atoms with Crippen LogP contribution in [0, 0.1) is 23.3 Å². The summed E-state index contributed by atoms with van der Waals surface area (Å²) < 4.78 is 80.2. The minimum Gasteiger partial charge on any atom is -0.477 e. The van der Waals surface area contributed by atoms with Crippen molar-refractivity contribution >= 4 is 70.9 Å². The second-order valence-electron chi connectivity index (χ2n) is 22.9. The molecular weight excluding hydrogens is 1360 g/mol. The molecule has 5 aromatic rings. The molecule has 0 aliphatic carbocycles. The van der Waals surface area contributed by atoms with E-state index in [9.17, 15) is 96.8 Å². The number of aliphatic carboxylic acids is 2. The van der Waals surface area contributed by atoms with Crippen LogP contribution in [0.5, 0.6) is 0 Å². The summed E-state index contributed by atoms with van der Waals surface area (Å²) in [5, 5.41) is 103. The van der Waals surface area contributed by atoms with E-state index in [-0.39, 0.29) is 113 Å². The van der Waals surface area contributed by atoms with E-state index in [4.69, 9.17) is 18.9 Å². The van der Waals surface area contributed by atoms with Crippen LogP contribution in [0.1, 0.15) is 81.0 Å². The zero-order valence-corrected chi connectivity index (χ0v) is 57.5. The average molecular weight is 1440 g/mol. The SMILES string of the molecule is CC(=O)N[C@@H]1[C@@H](O)C[C@](OCCCSCCNC(=O)c2ccc(C(=O)NCCSCCCO[C@]3(C(=O)O)C[C@H](O)[C@@H](NC(C)=O)[C@H](C(O)[C@H](O)CNC(=O)c4ccc(-c5c(F)cccc5F)cc4)O3)cc2)(C(=O)O)O[C@H]1C(O)[C@H](O)CNC(=O)c1ccc(-c2c(F)cccc2F)cc1.[Na+]. The van der Waals surface area contributed by atoms with Gasteiger partial charge in [-0.15, -0.1) is 0 Å². The zero-order valence-electron chi connectivity index (χ0n) is 53.9. The van der Waals surface area contributed by atoms with Crippen molar-refractivity contribution in [2.75, 3.05) is 62.4 Å². The number of amides is 6. The van der Waals surface area contributed by atoms with E-state index >= 15 is 0 Å². The molecule has 2 unspecified atom stereocenters. The smallest absolute Gasteiger partial charge is 0.477 e. The Balaban J connectivity index is 0.0000155. The van der Waals surface area contributed by atoms with Gasteiger partial charge in [-0.25, -0.2) is 27.2 Å². The van der Waals surface area contributed by atoms with E-state index in [2.05, 4.69) is 31.9 Å². The van der Waals surface area contributed by atoms with E-state index in [0.29, 0.717) is 23.0 Å². The second-order valence-corrected chi connectivity index (χ2v) is 25.3. The molecule has 12 atom stereocenters. The van der Waals surface area contributed by atoms with E-state index in [1.54, 1.807) is 0 Å². The monoisotopic (exact) mass is 1440 g/mol. The van der Waals surface area contributed by atoms with Crippen molar-refractivity contribution < 1.29 is 145 Å². The van der Waals surface area contributed by atoms with E-state index < -0.39 is 169 Å². The number of aliphatic hydroxyl groups excluding tert-OH is 6. The van der Waals surface area contributed by atoms with Gasteiger partial charge in [-0.05, 0) is 108 Å². The molecule has 530 valence electrons. The number of carboxylic acids is 2. The fourth-order valence-electron chi connectivity index (χ4n) is 10.8. The fourth-order valence-corrected chi connectivity index (χ4v) is 12.3. The van der Waals surface area contributed by atoms with Gasteiger partial charge >= 0.3 is 41.5 Å². The third-order valence-corrected chi connectivity index (χ3v) is 17.9. The van der Waals surface area contributed by atoms with Gasteiger partial charge in [-0.3, -0.25) is 28.8 Å². The van der Waals surface area contributed by atoms with Gasteiger partial charge in [0, 0.05) is 86.6 Å². The van der Waals surface area contributed by atoms with Crippen LogP contribution in [0.4, 0.5) is 17.6 Å². The number of benzene rings is 5. The number of ether oxygens (including phenoxy) is 4. The van der Waals surface area contributed by atoms with Gasteiger partial charge in [-0.2, -0.15) is 23.5 Å². The Morgan fingerprint density at radius 3 is 1.10 bits per heavy atom. The second kappa shape index (κ2) is 38.1. The topological polar surface area (TPSA) is 408 Å². The van der Waals surface area contributed by atoms with Crippen molar-refractivity contribution in [3.8, 4) is 22.3 Å². The summed E-state index contributed by atoms with van der Waals surface area (Å²) in [6, 6.07) is 20.1. The van der Waals surface area contributed by atoms with Gasteiger partial charge in [0.05, 0.1) is 60.8 Å². The van der Waals surface area contributed by atoms with Gasteiger partial charge in [0.25, 0.3) is 35.2 Å². The quantitative estimate of drug-likeness (QED) is 0.0140. The van der Waals surface area contributed by atoms with Gasteiger partial charge < -0.3 is 91.7 Å². The Labute approximate surface area is 596 Å². The number of hydrogen-bond acceptors (Lipinski definition) is 20. The average Bonchev–Trinajstić information content (AvgIpc) is 0.777. The first-order valence-electron chi connectivity index (χ1n) is 30.9. The summed E-state index contributed by atoms with van der Waals surface area (Å²) in [6.07, 6.45) is -15.6. The van der Waals surface area contributed by atoms with E-state index in [1.807, 2.05) is 0 Å². The molecule has 2 heterocycles. The number of nitrogens with one attached hydrogen (secondary N) is 6. The standard InChI is InChI=1S/C66H76F4N6O20S2.Na/c1-35(77)75-53-47(79)31-65(63(89)90,95-57(53)55(83)49(81)33-73-61(87)41-15-11-37(12-16-41)51-43(67)7-3-8-44(51)68)93-25-5-27-97-29-23-71-59(85)39-19-21-40(22-20-39)60(86)72-24-30-98-28-6-26-94-66(64(91)92)32-48(80)54(76-36(2)78)58(96-66)56(84)50(82)34-74-62(88)42-17-13-38(14-18-42)52-45(69)9-4-10-46(52)70;/h3-4,7-22,47-50,53-58,79-84H,5-6,23-34H2,1-2H3,(H,71,85)(H,72,86)(H,73,87)(H,74,88)(H,75,77)(H,76,78)(H,89,90)(H,91,92);/q;+1/t47-,48-,49+,50+,53+,54+,55?,56?,57+,58+,65+,66+;/m0./s1. The fraction of sp³-hybridized carbons (Fsp3) is 0.424. The first-order chi connectivity index (χ1) is 46.6. The first-order valence-corrected chi connectivity index (χ1v) is 33.2. The predicted molar refractivity (Wildman–Crippen MR) is 346 cm³/mol. The number of carbonyl (C=O) groups excluding carboxylic acids is 6. The van der Waals surface area contributed by atoms with Crippen molar-refractivity contribution in [2.24, 2.45) is 0 Å².